The molecule has 1 heterocycles. The Morgan fingerprint density at radius 1 is 1.12 bits per heavy atom. The van der Waals surface area contributed by atoms with Gasteiger partial charge in [0.15, 0.2) is 0 Å². The Hall–Kier alpha value is -3.48. The van der Waals surface area contributed by atoms with Crippen molar-refractivity contribution < 1.29 is 9.53 Å². The standard InChI is InChI=1S/C17H15N5O2/c1-24-16-9-2-13(3-10-16)4-11-17(23)19-14-5-7-15(8-6-14)22-12-18-20-21-22/h2-12H,1H3,(H,19,23). The fraction of sp³-hybridized carbons (Fsp3) is 0.0588. The van der Waals surface area contributed by atoms with Gasteiger partial charge in [-0.15, -0.1) is 5.10 Å². The number of hydrogen-bond acceptors (Lipinski definition) is 5. The van der Waals surface area contributed by atoms with Crippen molar-refractivity contribution in [3.05, 3.63) is 66.5 Å². The molecular formula is C17H15N5O2. The molecule has 0 fully saturated rings. The third kappa shape index (κ3) is 3.83. The third-order valence-electron chi connectivity index (χ3n) is 3.29. The Morgan fingerprint density at radius 3 is 2.50 bits per heavy atom. The number of amides is 1. The Balaban J connectivity index is 1.60. The van der Waals surface area contributed by atoms with Gasteiger partial charge in [0, 0.05) is 11.8 Å². The van der Waals surface area contributed by atoms with Crippen LogP contribution in [0.25, 0.3) is 11.8 Å². The monoisotopic (exact) mass is 321 g/mol. The van der Waals surface area contributed by atoms with Crippen molar-refractivity contribution in [1.29, 1.82) is 0 Å². The number of aromatic nitrogens is 4. The molecule has 0 aliphatic carbocycles. The van der Waals surface area contributed by atoms with E-state index in [1.54, 1.807) is 25.3 Å². The number of ether oxygens (including phenoxy) is 1. The fourth-order valence-corrected chi connectivity index (χ4v) is 2.05. The molecule has 7 heteroatoms. The van der Waals surface area contributed by atoms with Crippen LogP contribution in [0.15, 0.2) is 60.9 Å². The number of nitrogens with zero attached hydrogens (tertiary/aromatic N) is 4. The normalized spacial score (nSPS) is 10.7. The second-order valence-corrected chi connectivity index (χ2v) is 4.90. The SMILES string of the molecule is COc1ccc(C=CC(=O)Nc2ccc(-n3cnnn3)cc2)cc1. The fourth-order valence-electron chi connectivity index (χ4n) is 2.05. The van der Waals surface area contributed by atoms with E-state index >= 15 is 0 Å². The van der Waals surface area contributed by atoms with E-state index in [4.69, 9.17) is 4.74 Å². The smallest absolute Gasteiger partial charge is 0.248 e. The van der Waals surface area contributed by atoms with Gasteiger partial charge in [-0.05, 0) is 58.5 Å². The lowest BCUT2D eigenvalue weighted by Crippen LogP contribution is -2.07. The second-order valence-electron chi connectivity index (χ2n) is 4.90. The molecule has 7 nitrogen and oxygen atoms in total. The van der Waals surface area contributed by atoms with Crippen LogP contribution in [0.4, 0.5) is 5.69 Å². The maximum absolute atomic E-state index is 12.0. The van der Waals surface area contributed by atoms with E-state index < -0.39 is 0 Å². The topological polar surface area (TPSA) is 81.9 Å². The zero-order valence-electron chi connectivity index (χ0n) is 13.0. The molecule has 1 N–H and O–H groups in total. The van der Waals surface area contributed by atoms with Crippen LogP contribution in [0.3, 0.4) is 0 Å². The maximum atomic E-state index is 12.0. The van der Waals surface area contributed by atoms with Gasteiger partial charge in [-0.2, -0.15) is 0 Å². The molecule has 3 rings (SSSR count). The molecule has 0 radical (unpaired) electrons. The highest BCUT2D eigenvalue weighted by Crippen LogP contribution is 2.14. The molecule has 1 amide bonds. The Labute approximate surface area is 138 Å². The summed E-state index contributed by atoms with van der Waals surface area (Å²) in [5.74, 6) is 0.570. The van der Waals surface area contributed by atoms with Crippen LogP contribution in [0.1, 0.15) is 5.56 Å². The second kappa shape index (κ2) is 7.19. The van der Waals surface area contributed by atoms with E-state index in [-0.39, 0.29) is 5.91 Å². The third-order valence-corrected chi connectivity index (χ3v) is 3.29. The number of methoxy groups -OCH3 is 1. The molecule has 0 saturated heterocycles. The van der Waals surface area contributed by atoms with E-state index in [0.29, 0.717) is 5.69 Å². The van der Waals surface area contributed by atoms with Gasteiger partial charge >= 0.3 is 0 Å². The molecule has 0 unspecified atom stereocenters. The number of anilines is 1. The minimum atomic E-state index is -0.207. The van der Waals surface area contributed by atoms with Crippen molar-refractivity contribution in [3.63, 3.8) is 0 Å². The Bertz CT molecular complexity index is 824. The first-order chi connectivity index (χ1) is 11.7. The summed E-state index contributed by atoms with van der Waals surface area (Å²) in [5, 5.41) is 13.8. The largest absolute Gasteiger partial charge is 0.497 e. The summed E-state index contributed by atoms with van der Waals surface area (Å²) < 4.78 is 6.63. The number of tetrazole rings is 1. The number of nitrogens with one attached hydrogen (secondary N) is 1. The molecule has 3 aromatic rings. The van der Waals surface area contributed by atoms with Gasteiger partial charge in [0.2, 0.25) is 5.91 Å². The average molecular weight is 321 g/mol. The van der Waals surface area contributed by atoms with Crippen LogP contribution >= 0.6 is 0 Å². The zero-order chi connectivity index (χ0) is 16.8. The molecule has 0 atom stereocenters. The van der Waals surface area contributed by atoms with Crippen LogP contribution in [-0.4, -0.2) is 33.2 Å². The lowest BCUT2D eigenvalue weighted by atomic mass is 10.2. The number of carbonyl (C=O) groups excluding carboxylic acids is 1. The Morgan fingerprint density at radius 2 is 1.88 bits per heavy atom. The van der Waals surface area contributed by atoms with Gasteiger partial charge in [0.05, 0.1) is 12.8 Å². The van der Waals surface area contributed by atoms with E-state index in [2.05, 4.69) is 20.8 Å². The van der Waals surface area contributed by atoms with Gasteiger partial charge < -0.3 is 10.1 Å². The summed E-state index contributed by atoms with van der Waals surface area (Å²) in [6.45, 7) is 0. The summed E-state index contributed by atoms with van der Waals surface area (Å²) in [5.41, 5.74) is 2.42. The highest BCUT2D eigenvalue weighted by molar-refractivity contribution is 6.01. The summed E-state index contributed by atoms with van der Waals surface area (Å²) in [6, 6.07) is 14.7. The summed E-state index contributed by atoms with van der Waals surface area (Å²) >= 11 is 0. The van der Waals surface area contributed by atoms with Crippen molar-refractivity contribution in [2.45, 2.75) is 0 Å². The van der Waals surface area contributed by atoms with E-state index in [9.17, 15) is 4.79 Å². The van der Waals surface area contributed by atoms with Gasteiger partial charge in [-0.3, -0.25) is 4.79 Å². The van der Waals surface area contributed by atoms with Gasteiger partial charge in [0.1, 0.15) is 12.1 Å². The number of hydrogen-bond donors (Lipinski definition) is 1. The van der Waals surface area contributed by atoms with Crippen molar-refractivity contribution >= 4 is 17.7 Å². The summed E-state index contributed by atoms with van der Waals surface area (Å²) in [7, 11) is 1.61. The first-order valence-electron chi connectivity index (χ1n) is 7.21. The highest BCUT2D eigenvalue weighted by Gasteiger charge is 2.01. The van der Waals surface area contributed by atoms with Crippen LogP contribution in [0.2, 0.25) is 0 Å². The quantitative estimate of drug-likeness (QED) is 0.729. The number of rotatable bonds is 5. The predicted octanol–water partition coefficient (Wildman–Crippen LogP) is 2.32. The highest BCUT2D eigenvalue weighted by atomic mass is 16.5. The number of benzene rings is 2. The maximum Gasteiger partial charge on any atom is 0.248 e. The van der Waals surface area contributed by atoms with Crippen LogP contribution in [-0.2, 0) is 4.79 Å². The lowest BCUT2D eigenvalue weighted by Gasteiger charge is -2.04. The van der Waals surface area contributed by atoms with Gasteiger partial charge in [-0.25, -0.2) is 4.68 Å². The van der Waals surface area contributed by atoms with Gasteiger partial charge in [0.25, 0.3) is 0 Å². The summed E-state index contributed by atoms with van der Waals surface area (Å²) in [4.78, 5) is 12.0. The summed E-state index contributed by atoms with van der Waals surface area (Å²) in [6.07, 6.45) is 4.73. The molecule has 0 bridgehead atoms. The van der Waals surface area contributed by atoms with E-state index in [0.717, 1.165) is 17.0 Å². The first-order valence-corrected chi connectivity index (χ1v) is 7.21. The Kier molecular flexibility index (Phi) is 4.62. The van der Waals surface area contributed by atoms with Crippen molar-refractivity contribution in [3.8, 4) is 11.4 Å². The molecule has 120 valence electrons. The first kappa shape index (κ1) is 15.4. The zero-order valence-corrected chi connectivity index (χ0v) is 13.0. The lowest BCUT2D eigenvalue weighted by molar-refractivity contribution is -0.111. The van der Waals surface area contributed by atoms with E-state index in [1.807, 2.05) is 36.4 Å². The molecule has 24 heavy (non-hydrogen) atoms. The molecule has 1 aromatic heterocycles. The van der Waals surface area contributed by atoms with Crippen LogP contribution in [0.5, 0.6) is 5.75 Å². The van der Waals surface area contributed by atoms with Crippen LogP contribution in [0, 0.1) is 0 Å². The molecule has 0 aliphatic rings. The van der Waals surface area contributed by atoms with Crippen molar-refractivity contribution in [2.24, 2.45) is 0 Å². The number of carbonyl (C=O) groups is 1. The molecule has 0 aliphatic heterocycles. The van der Waals surface area contributed by atoms with Gasteiger partial charge in [-0.1, -0.05) is 12.1 Å². The molecular weight excluding hydrogens is 306 g/mol. The molecule has 0 spiro atoms. The minimum absolute atomic E-state index is 0.207. The van der Waals surface area contributed by atoms with Crippen molar-refractivity contribution in [1.82, 2.24) is 20.2 Å². The minimum Gasteiger partial charge on any atom is -0.497 e. The van der Waals surface area contributed by atoms with Crippen LogP contribution < -0.4 is 10.1 Å². The van der Waals surface area contributed by atoms with E-state index in [1.165, 1.54) is 17.1 Å². The molecule has 0 saturated carbocycles. The molecule has 2 aromatic carbocycles. The van der Waals surface area contributed by atoms with Crippen molar-refractivity contribution in [2.75, 3.05) is 12.4 Å². The average Bonchev–Trinajstić information content (AvgIpc) is 3.16. The predicted molar refractivity (Wildman–Crippen MR) is 89.8 cm³/mol.